The lowest BCUT2D eigenvalue weighted by Crippen LogP contribution is -2.08. The Hall–Kier alpha value is -0.0800. The number of rotatable bonds is 8. The predicted octanol–water partition coefficient (Wildman–Crippen LogP) is 1.80. The van der Waals surface area contributed by atoms with Crippen LogP contribution in [0.25, 0.3) is 0 Å². The molecule has 0 aromatic rings. The van der Waals surface area contributed by atoms with E-state index in [1.165, 1.54) is 32.1 Å². The molecule has 0 radical (unpaired) electrons. The lowest BCUT2D eigenvalue weighted by atomic mass is 10.3. The molecule has 0 spiro atoms. The smallest absolute Gasteiger partial charge is 0.0468 e. The molecule has 2 nitrogen and oxygen atoms in total. The molecule has 0 saturated heterocycles. The van der Waals surface area contributed by atoms with Crippen molar-refractivity contribution in [3.63, 3.8) is 0 Å². The molecule has 1 N–H and O–H groups in total. The van der Waals surface area contributed by atoms with Gasteiger partial charge in [0.05, 0.1) is 0 Å². The lowest BCUT2D eigenvalue weighted by Gasteiger charge is -2.02. The minimum absolute atomic E-state index is 0.953. The summed E-state index contributed by atoms with van der Waals surface area (Å²) >= 11 is 0. The number of ether oxygens (including phenoxy) is 1. The average Bonchev–Trinajstić information content (AvgIpc) is 2.87. The standard InChI is InChI=1S/C10H21NO/c1-11-7-2-3-8-12-9-6-10-4-5-10/h10-11H,2-9H2,1H3. The van der Waals surface area contributed by atoms with Crippen LogP contribution in [0, 0.1) is 5.92 Å². The monoisotopic (exact) mass is 171 g/mol. The maximum atomic E-state index is 5.50. The van der Waals surface area contributed by atoms with Crippen LogP contribution in [0.4, 0.5) is 0 Å². The summed E-state index contributed by atoms with van der Waals surface area (Å²) in [6.45, 7) is 3.06. The van der Waals surface area contributed by atoms with Gasteiger partial charge >= 0.3 is 0 Å². The van der Waals surface area contributed by atoms with E-state index < -0.39 is 0 Å². The van der Waals surface area contributed by atoms with Crippen LogP contribution < -0.4 is 5.32 Å². The van der Waals surface area contributed by atoms with Crippen molar-refractivity contribution in [1.82, 2.24) is 5.32 Å². The molecule has 0 aromatic carbocycles. The quantitative estimate of drug-likeness (QED) is 0.562. The first kappa shape index (κ1) is 10.0. The molecule has 72 valence electrons. The Morgan fingerprint density at radius 3 is 2.75 bits per heavy atom. The van der Waals surface area contributed by atoms with Gasteiger partial charge in [-0.3, -0.25) is 0 Å². The highest BCUT2D eigenvalue weighted by atomic mass is 16.5. The Balaban J connectivity index is 1.65. The van der Waals surface area contributed by atoms with Crippen molar-refractivity contribution in [2.24, 2.45) is 5.92 Å². The summed E-state index contributed by atoms with van der Waals surface area (Å²) in [6, 6.07) is 0. The molecule has 0 amide bonds. The summed E-state index contributed by atoms with van der Waals surface area (Å²) in [7, 11) is 1.99. The highest BCUT2D eigenvalue weighted by Gasteiger charge is 2.20. The molecule has 1 saturated carbocycles. The summed E-state index contributed by atoms with van der Waals surface area (Å²) in [4.78, 5) is 0. The number of nitrogens with one attached hydrogen (secondary N) is 1. The molecule has 1 fully saturated rings. The van der Waals surface area contributed by atoms with Gasteiger partial charge in [0.15, 0.2) is 0 Å². The van der Waals surface area contributed by atoms with E-state index in [4.69, 9.17) is 4.74 Å². The van der Waals surface area contributed by atoms with Crippen LogP contribution in [0.2, 0.25) is 0 Å². The Morgan fingerprint density at radius 2 is 2.08 bits per heavy atom. The Morgan fingerprint density at radius 1 is 1.25 bits per heavy atom. The summed E-state index contributed by atoms with van der Waals surface area (Å²) in [6.07, 6.45) is 6.63. The normalized spacial score (nSPS) is 16.8. The van der Waals surface area contributed by atoms with Crippen LogP contribution in [0.15, 0.2) is 0 Å². The molecule has 0 bridgehead atoms. The largest absolute Gasteiger partial charge is 0.381 e. The molecule has 1 aliphatic carbocycles. The molecular weight excluding hydrogens is 150 g/mol. The molecule has 0 heterocycles. The second kappa shape index (κ2) is 6.44. The van der Waals surface area contributed by atoms with E-state index in [9.17, 15) is 0 Å². The van der Waals surface area contributed by atoms with Gasteiger partial charge in [-0.2, -0.15) is 0 Å². The fourth-order valence-corrected chi connectivity index (χ4v) is 1.26. The highest BCUT2D eigenvalue weighted by Crippen LogP contribution is 2.31. The van der Waals surface area contributed by atoms with E-state index in [2.05, 4.69) is 5.32 Å². The lowest BCUT2D eigenvalue weighted by molar-refractivity contribution is 0.124. The molecule has 1 rings (SSSR count). The minimum Gasteiger partial charge on any atom is -0.381 e. The van der Waals surface area contributed by atoms with E-state index in [1.54, 1.807) is 0 Å². The second-order valence-electron chi connectivity index (χ2n) is 3.66. The first-order chi connectivity index (χ1) is 5.93. The molecule has 12 heavy (non-hydrogen) atoms. The van der Waals surface area contributed by atoms with Gasteiger partial charge in [-0.15, -0.1) is 0 Å². The van der Waals surface area contributed by atoms with Crippen LogP contribution in [0.1, 0.15) is 32.1 Å². The summed E-state index contributed by atoms with van der Waals surface area (Å²) in [5, 5.41) is 3.13. The van der Waals surface area contributed by atoms with E-state index >= 15 is 0 Å². The van der Waals surface area contributed by atoms with E-state index in [0.29, 0.717) is 0 Å². The van der Waals surface area contributed by atoms with Gasteiger partial charge in [0.2, 0.25) is 0 Å². The van der Waals surface area contributed by atoms with Crippen molar-refractivity contribution in [3.8, 4) is 0 Å². The van der Waals surface area contributed by atoms with E-state index in [-0.39, 0.29) is 0 Å². The van der Waals surface area contributed by atoms with Crippen molar-refractivity contribution >= 4 is 0 Å². The molecule has 1 aliphatic rings. The van der Waals surface area contributed by atoms with Gasteiger partial charge in [0.25, 0.3) is 0 Å². The van der Waals surface area contributed by atoms with Crippen molar-refractivity contribution in [2.75, 3.05) is 26.8 Å². The van der Waals surface area contributed by atoms with Crippen molar-refractivity contribution in [3.05, 3.63) is 0 Å². The molecule has 0 unspecified atom stereocenters. The Labute approximate surface area is 75.7 Å². The topological polar surface area (TPSA) is 21.3 Å². The van der Waals surface area contributed by atoms with Gasteiger partial charge < -0.3 is 10.1 Å². The van der Waals surface area contributed by atoms with E-state index in [1.807, 2.05) is 7.05 Å². The van der Waals surface area contributed by atoms with Gasteiger partial charge in [-0.25, -0.2) is 0 Å². The van der Waals surface area contributed by atoms with Crippen molar-refractivity contribution in [1.29, 1.82) is 0 Å². The minimum atomic E-state index is 0.953. The van der Waals surface area contributed by atoms with Gasteiger partial charge in [0, 0.05) is 13.2 Å². The third-order valence-corrected chi connectivity index (χ3v) is 2.33. The highest BCUT2D eigenvalue weighted by molar-refractivity contribution is 4.72. The van der Waals surface area contributed by atoms with Crippen LogP contribution in [-0.2, 0) is 4.74 Å². The predicted molar refractivity (Wildman–Crippen MR) is 51.3 cm³/mol. The van der Waals surface area contributed by atoms with Crippen LogP contribution in [-0.4, -0.2) is 26.8 Å². The zero-order valence-corrected chi connectivity index (χ0v) is 8.14. The molecular formula is C10H21NO. The zero-order chi connectivity index (χ0) is 8.65. The van der Waals surface area contributed by atoms with Crippen LogP contribution >= 0.6 is 0 Å². The molecule has 2 heteroatoms. The zero-order valence-electron chi connectivity index (χ0n) is 8.14. The molecule has 0 aliphatic heterocycles. The van der Waals surface area contributed by atoms with Gasteiger partial charge in [0.1, 0.15) is 0 Å². The van der Waals surface area contributed by atoms with E-state index in [0.717, 1.165) is 25.7 Å². The third-order valence-electron chi connectivity index (χ3n) is 2.33. The summed E-state index contributed by atoms with van der Waals surface area (Å²) < 4.78 is 5.50. The Kier molecular flexibility index (Phi) is 5.37. The third kappa shape index (κ3) is 5.56. The SMILES string of the molecule is CNCCCCOCCC1CC1. The Bertz CT molecular complexity index is 102. The summed E-state index contributed by atoms with van der Waals surface area (Å²) in [5.74, 6) is 1.02. The maximum Gasteiger partial charge on any atom is 0.0468 e. The maximum absolute atomic E-state index is 5.50. The first-order valence-corrected chi connectivity index (χ1v) is 5.16. The number of hydrogen-bond acceptors (Lipinski definition) is 2. The first-order valence-electron chi connectivity index (χ1n) is 5.16. The average molecular weight is 171 g/mol. The fourth-order valence-electron chi connectivity index (χ4n) is 1.26. The van der Waals surface area contributed by atoms with Crippen molar-refractivity contribution in [2.45, 2.75) is 32.1 Å². The molecule has 0 aromatic heterocycles. The van der Waals surface area contributed by atoms with Gasteiger partial charge in [-0.05, 0) is 38.8 Å². The molecule has 0 atom stereocenters. The fraction of sp³-hybridized carbons (Fsp3) is 1.00. The summed E-state index contributed by atoms with van der Waals surface area (Å²) in [5.41, 5.74) is 0. The van der Waals surface area contributed by atoms with Gasteiger partial charge in [-0.1, -0.05) is 12.8 Å². The second-order valence-corrected chi connectivity index (χ2v) is 3.66. The van der Waals surface area contributed by atoms with Crippen LogP contribution in [0.5, 0.6) is 0 Å². The van der Waals surface area contributed by atoms with Crippen molar-refractivity contribution < 1.29 is 4.74 Å². The number of hydrogen-bond donors (Lipinski definition) is 1. The number of unbranched alkanes of at least 4 members (excludes halogenated alkanes) is 1. The van der Waals surface area contributed by atoms with Crippen LogP contribution in [0.3, 0.4) is 0 Å².